The number of hydrogen-bond donors (Lipinski definition) is 1. The number of aromatic nitrogens is 2. The maximum atomic E-state index is 12.9. The first kappa shape index (κ1) is 20.8. The van der Waals surface area contributed by atoms with E-state index in [0.29, 0.717) is 32.0 Å². The van der Waals surface area contributed by atoms with Gasteiger partial charge in [0.25, 0.3) is 5.91 Å². The van der Waals surface area contributed by atoms with Crippen LogP contribution in [0.2, 0.25) is 0 Å². The molecule has 8 nitrogen and oxygen atoms in total. The standard InChI is InChI=1S/C22H20N4O4S2/c27-21(17-2-1-3-19(14-17)32(28,29)26-8-11-30-12-9-26)23-18-6-4-16(5-7-18)20-15-25-10-13-31-22(25)24-20/h1-7,10,13-15H,8-9,11-12H2,(H,23,27). The molecule has 1 aliphatic rings. The average molecular weight is 469 g/mol. The number of nitrogens with zero attached hydrogens (tertiary/aromatic N) is 3. The summed E-state index contributed by atoms with van der Waals surface area (Å²) in [5, 5.41) is 4.80. The first-order valence-electron chi connectivity index (χ1n) is 10.0. The highest BCUT2D eigenvalue weighted by atomic mass is 32.2. The summed E-state index contributed by atoms with van der Waals surface area (Å²) in [7, 11) is -3.67. The maximum Gasteiger partial charge on any atom is 0.255 e. The first-order chi connectivity index (χ1) is 15.5. The smallest absolute Gasteiger partial charge is 0.255 e. The van der Waals surface area contributed by atoms with Crippen LogP contribution in [-0.2, 0) is 14.8 Å². The van der Waals surface area contributed by atoms with Gasteiger partial charge >= 0.3 is 0 Å². The summed E-state index contributed by atoms with van der Waals surface area (Å²) in [4.78, 5) is 18.4. The minimum absolute atomic E-state index is 0.0992. The van der Waals surface area contributed by atoms with E-state index >= 15 is 0 Å². The normalized spacial score (nSPS) is 15.1. The Bertz CT molecular complexity index is 1340. The summed E-state index contributed by atoms with van der Waals surface area (Å²) in [5.41, 5.74) is 2.69. The number of carbonyl (C=O) groups excluding carboxylic acids is 1. The summed E-state index contributed by atoms with van der Waals surface area (Å²) in [5.74, 6) is -0.376. The lowest BCUT2D eigenvalue weighted by atomic mass is 10.1. The van der Waals surface area contributed by atoms with Gasteiger partial charge in [-0.1, -0.05) is 18.2 Å². The summed E-state index contributed by atoms with van der Waals surface area (Å²) >= 11 is 1.57. The number of ether oxygens (including phenoxy) is 1. The Morgan fingerprint density at radius 2 is 1.88 bits per heavy atom. The molecule has 0 unspecified atom stereocenters. The number of sulfonamides is 1. The molecule has 1 saturated heterocycles. The van der Waals surface area contributed by atoms with E-state index in [2.05, 4.69) is 10.3 Å². The van der Waals surface area contributed by atoms with Gasteiger partial charge in [0.2, 0.25) is 10.0 Å². The molecule has 3 heterocycles. The van der Waals surface area contributed by atoms with Crippen molar-refractivity contribution < 1.29 is 17.9 Å². The van der Waals surface area contributed by atoms with Crippen LogP contribution in [0, 0.1) is 0 Å². The van der Waals surface area contributed by atoms with Crippen LogP contribution in [0.1, 0.15) is 10.4 Å². The number of nitrogens with one attached hydrogen (secondary N) is 1. The summed E-state index contributed by atoms with van der Waals surface area (Å²) in [6.45, 7) is 1.35. The van der Waals surface area contributed by atoms with Gasteiger partial charge in [0.15, 0.2) is 4.96 Å². The number of hydrogen-bond acceptors (Lipinski definition) is 6. The van der Waals surface area contributed by atoms with Crippen LogP contribution in [0.3, 0.4) is 0 Å². The van der Waals surface area contributed by atoms with Crippen LogP contribution in [0.25, 0.3) is 16.2 Å². The van der Waals surface area contributed by atoms with E-state index in [1.54, 1.807) is 35.6 Å². The molecule has 2 aromatic heterocycles. The summed E-state index contributed by atoms with van der Waals surface area (Å²) < 4.78 is 34.3. The van der Waals surface area contributed by atoms with Crippen LogP contribution in [-0.4, -0.2) is 54.3 Å². The Balaban J connectivity index is 1.31. The molecule has 0 radical (unpaired) electrons. The van der Waals surface area contributed by atoms with Gasteiger partial charge in [-0.3, -0.25) is 9.20 Å². The molecular weight excluding hydrogens is 448 g/mol. The monoisotopic (exact) mass is 468 g/mol. The van der Waals surface area contributed by atoms with Crippen LogP contribution in [0.4, 0.5) is 5.69 Å². The number of carbonyl (C=O) groups is 1. The second-order valence-corrected chi connectivity index (χ2v) is 10.1. The quantitative estimate of drug-likeness (QED) is 0.485. The molecule has 0 atom stereocenters. The van der Waals surface area contributed by atoms with E-state index in [1.807, 2.05) is 34.3 Å². The summed E-state index contributed by atoms with van der Waals surface area (Å²) in [6.07, 6.45) is 3.91. The van der Waals surface area contributed by atoms with Gasteiger partial charge in [0.1, 0.15) is 0 Å². The SMILES string of the molecule is O=C(Nc1ccc(-c2cn3ccsc3n2)cc1)c1cccc(S(=O)(=O)N2CCOCC2)c1. The Labute approximate surface area is 189 Å². The van der Waals surface area contributed by atoms with E-state index in [-0.39, 0.29) is 16.4 Å². The van der Waals surface area contributed by atoms with Crippen LogP contribution >= 0.6 is 11.3 Å². The van der Waals surface area contributed by atoms with Gasteiger partial charge in [-0.25, -0.2) is 13.4 Å². The fourth-order valence-electron chi connectivity index (χ4n) is 3.53. The maximum absolute atomic E-state index is 12.9. The highest BCUT2D eigenvalue weighted by molar-refractivity contribution is 7.89. The minimum Gasteiger partial charge on any atom is -0.379 e. The van der Waals surface area contributed by atoms with E-state index in [4.69, 9.17) is 4.74 Å². The molecule has 2 aromatic carbocycles. The van der Waals surface area contributed by atoms with Gasteiger partial charge in [-0.05, 0) is 30.3 Å². The van der Waals surface area contributed by atoms with Crippen molar-refractivity contribution in [3.05, 3.63) is 71.9 Å². The number of benzene rings is 2. The predicted molar refractivity (Wildman–Crippen MR) is 122 cm³/mol. The molecule has 0 aliphatic carbocycles. The van der Waals surface area contributed by atoms with Crippen LogP contribution < -0.4 is 5.32 Å². The predicted octanol–water partition coefficient (Wildman–Crippen LogP) is 3.34. The van der Waals surface area contributed by atoms with Crippen molar-refractivity contribution in [2.75, 3.05) is 31.6 Å². The third kappa shape index (κ3) is 4.05. The van der Waals surface area contributed by atoms with Crippen molar-refractivity contribution in [2.45, 2.75) is 4.90 Å². The number of rotatable bonds is 5. The molecule has 1 N–H and O–H groups in total. The molecule has 4 aromatic rings. The fraction of sp³-hybridized carbons (Fsp3) is 0.182. The Hall–Kier alpha value is -3.05. The zero-order valence-electron chi connectivity index (χ0n) is 17.0. The van der Waals surface area contributed by atoms with Crippen molar-refractivity contribution >= 4 is 37.9 Å². The zero-order valence-corrected chi connectivity index (χ0v) is 18.6. The second-order valence-electron chi connectivity index (χ2n) is 7.29. The third-order valence-electron chi connectivity index (χ3n) is 5.24. The lowest BCUT2D eigenvalue weighted by molar-refractivity contribution is 0.0730. The van der Waals surface area contributed by atoms with Gasteiger partial charge < -0.3 is 10.1 Å². The van der Waals surface area contributed by atoms with Gasteiger partial charge in [-0.15, -0.1) is 11.3 Å². The van der Waals surface area contributed by atoms with Crippen molar-refractivity contribution in [1.82, 2.24) is 13.7 Å². The molecule has 164 valence electrons. The van der Waals surface area contributed by atoms with Crippen LogP contribution in [0.15, 0.2) is 71.2 Å². The van der Waals surface area contributed by atoms with Crippen molar-refractivity contribution in [3.63, 3.8) is 0 Å². The molecule has 10 heteroatoms. The van der Waals surface area contributed by atoms with Gasteiger partial charge in [0, 0.05) is 47.7 Å². The average Bonchev–Trinajstić information content (AvgIpc) is 3.43. The van der Waals surface area contributed by atoms with Crippen molar-refractivity contribution in [2.24, 2.45) is 0 Å². The van der Waals surface area contributed by atoms with E-state index in [0.717, 1.165) is 16.2 Å². The van der Waals surface area contributed by atoms with Crippen molar-refractivity contribution in [3.8, 4) is 11.3 Å². The van der Waals surface area contributed by atoms with Gasteiger partial charge in [-0.2, -0.15) is 4.31 Å². The number of thiazole rings is 1. The molecular formula is C22H20N4O4S2. The molecule has 32 heavy (non-hydrogen) atoms. The Morgan fingerprint density at radius 3 is 2.62 bits per heavy atom. The van der Waals surface area contributed by atoms with E-state index in [1.165, 1.54) is 16.4 Å². The number of amides is 1. The number of fused-ring (bicyclic) bond motifs is 1. The second kappa shape index (κ2) is 8.47. The minimum atomic E-state index is -3.67. The third-order valence-corrected chi connectivity index (χ3v) is 7.90. The molecule has 5 rings (SSSR count). The molecule has 1 amide bonds. The molecule has 1 aliphatic heterocycles. The first-order valence-corrected chi connectivity index (χ1v) is 12.3. The van der Waals surface area contributed by atoms with E-state index < -0.39 is 10.0 Å². The molecule has 0 spiro atoms. The summed E-state index contributed by atoms with van der Waals surface area (Å²) in [6, 6.07) is 13.5. The van der Waals surface area contributed by atoms with Crippen LogP contribution in [0.5, 0.6) is 0 Å². The lowest BCUT2D eigenvalue weighted by Crippen LogP contribution is -2.40. The highest BCUT2D eigenvalue weighted by Gasteiger charge is 2.26. The topological polar surface area (TPSA) is 93.0 Å². The fourth-order valence-corrected chi connectivity index (χ4v) is 5.68. The van der Waals surface area contributed by atoms with Crippen molar-refractivity contribution in [1.29, 1.82) is 0 Å². The molecule has 0 bridgehead atoms. The Kier molecular flexibility index (Phi) is 5.51. The lowest BCUT2D eigenvalue weighted by Gasteiger charge is -2.26. The van der Waals surface area contributed by atoms with E-state index in [9.17, 15) is 13.2 Å². The number of anilines is 1. The molecule has 1 fully saturated rings. The number of morpholine rings is 1. The zero-order chi connectivity index (χ0) is 22.1. The largest absolute Gasteiger partial charge is 0.379 e. The highest BCUT2D eigenvalue weighted by Crippen LogP contribution is 2.24. The Morgan fingerprint density at radius 1 is 1.09 bits per heavy atom. The van der Waals surface area contributed by atoms with Gasteiger partial charge in [0.05, 0.1) is 23.8 Å². The molecule has 0 saturated carbocycles. The number of imidazole rings is 1.